The van der Waals surface area contributed by atoms with E-state index in [-0.39, 0.29) is 6.61 Å². The molecule has 3 rings (SSSR count). The second-order valence-corrected chi connectivity index (χ2v) is 7.79. The van der Waals surface area contributed by atoms with E-state index in [0.29, 0.717) is 23.8 Å². The number of nitrogens with zero attached hydrogens (tertiary/aromatic N) is 1. The average molecular weight is 404 g/mol. The van der Waals surface area contributed by atoms with E-state index < -0.39 is 36.5 Å². The fraction of sp³-hybridized carbons (Fsp3) is 0.571. The van der Waals surface area contributed by atoms with E-state index in [9.17, 15) is 24.6 Å². The van der Waals surface area contributed by atoms with Crippen LogP contribution in [0.25, 0.3) is 0 Å². The minimum Gasteiger partial charge on any atom is -0.489 e. The summed E-state index contributed by atoms with van der Waals surface area (Å²) in [6.45, 7) is -0.573. The molecule has 0 saturated heterocycles. The number of nitrogens with one attached hydrogen (secondary N) is 1. The van der Waals surface area contributed by atoms with Crippen molar-refractivity contribution in [1.29, 1.82) is 0 Å². The first-order valence-electron chi connectivity index (χ1n) is 10.2. The van der Waals surface area contributed by atoms with Gasteiger partial charge in [-0.3, -0.25) is 24.6 Å². The summed E-state index contributed by atoms with van der Waals surface area (Å²) in [6.07, 6.45) is 7.09. The molecule has 1 fully saturated rings. The summed E-state index contributed by atoms with van der Waals surface area (Å²) >= 11 is 0. The summed E-state index contributed by atoms with van der Waals surface area (Å²) in [5.41, 5.74) is 0.373. The molecule has 29 heavy (non-hydrogen) atoms. The Morgan fingerprint density at radius 1 is 1.17 bits per heavy atom. The fourth-order valence-electron chi connectivity index (χ4n) is 4.17. The number of anilines is 1. The first kappa shape index (κ1) is 21.1. The van der Waals surface area contributed by atoms with Gasteiger partial charge in [0.05, 0.1) is 5.69 Å². The molecule has 1 saturated carbocycles. The standard InChI is InChI=1S/C21H28N2O6/c24-19(25)12-23-17-8-4-5-9-18(17)29-13-16(20(23)26)22-15(21(27)28)11-10-14-6-2-1-3-7-14/h4-5,8-9,14-16,22H,1-3,6-7,10-13H2,(H,24,25)(H,27,28)/t15-,16?/m0/s1. The third-order valence-corrected chi connectivity index (χ3v) is 5.71. The molecular weight excluding hydrogens is 376 g/mol. The van der Waals surface area contributed by atoms with Gasteiger partial charge in [-0.15, -0.1) is 0 Å². The van der Waals surface area contributed by atoms with E-state index in [0.717, 1.165) is 24.2 Å². The van der Waals surface area contributed by atoms with Crippen LogP contribution in [-0.4, -0.2) is 53.3 Å². The summed E-state index contributed by atoms with van der Waals surface area (Å²) in [4.78, 5) is 37.3. The lowest BCUT2D eigenvalue weighted by Gasteiger charge is -2.27. The molecule has 0 bridgehead atoms. The molecule has 8 heteroatoms. The monoisotopic (exact) mass is 404 g/mol. The van der Waals surface area contributed by atoms with Gasteiger partial charge < -0.3 is 14.9 Å². The Kier molecular flexibility index (Phi) is 7.09. The van der Waals surface area contributed by atoms with Crippen molar-refractivity contribution >= 4 is 23.5 Å². The molecule has 158 valence electrons. The number of carbonyl (C=O) groups excluding carboxylic acids is 1. The van der Waals surface area contributed by atoms with E-state index in [1.807, 2.05) is 0 Å². The molecule has 1 amide bonds. The smallest absolute Gasteiger partial charge is 0.323 e. The number of benzene rings is 1. The zero-order valence-electron chi connectivity index (χ0n) is 16.4. The maximum absolute atomic E-state index is 13.0. The second-order valence-electron chi connectivity index (χ2n) is 7.79. The highest BCUT2D eigenvalue weighted by molar-refractivity contribution is 6.02. The molecule has 1 aromatic carbocycles. The van der Waals surface area contributed by atoms with Crippen LogP contribution in [0.2, 0.25) is 0 Å². The lowest BCUT2D eigenvalue weighted by atomic mass is 9.85. The molecule has 0 radical (unpaired) electrons. The summed E-state index contributed by atoms with van der Waals surface area (Å²) in [6, 6.07) is 4.90. The Morgan fingerprint density at radius 2 is 1.90 bits per heavy atom. The number of fused-ring (bicyclic) bond motifs is 1. The van der Waals surface area contributed by atoms with Crippen molar-refractivity contribution in [2.24, 2.45) is 5.92 Å². The van der Waals surface area contributed by atoms with Gasteiger partial charge in [-0.2, -0.15) is 0 Å². The number of hydrogen-bond acceptors (Lipinski definition) is 5. The van der Waals surface area contributed by atoms with Gasteiger partial charge in [0.25, 0.3) is 0 Å². The van der Waals surface area contributed by atoms with Gasteiger partial charge in [-0.05, 0) is 30.9 Å². The molecule has 1 aromatic rings. The van der Waals surface area contributed by atoms with E-state index >= 15 is 0 Å². The molecule has 0 spiro atoms. The third kappa shape index (κ3) is 5.47. The van der Waals surface area contributed by atoms with E-state index in [4.69, 9.17) is 4.74 Å². The quantitative estimate of drug-likeness (QED) is 0.608. The number of para-hydroxylation sites is 2. The molecular formula is C21H28N2O6. The predicted octanol–water partition coefficient (Wildman–Crippen LogP) is 2.27. The van der Waals surface area contributed by atoms with E-state index in [1.165, 1.54) is 19.3 Å². The molecule has 0 aromatic heterocycles. The number of carboxylic acid groups (broad SMARTS) is 2. The van der Waals surface area contributed by atoms with Gasteiger partial charge in [0.15, 0.2) is 0 Å². The summed E-state index contributed by atoms with van der Waals surface area (Å²) in [7, 11) is 0. The number of amides is 1. The SMILES string of the molecule is O=C(O)CN1C(=O)C(N[C@@H](CCC2CCCCC2)C(=O)O)COc2ccccc21. The molecule has 2 atom stereocenters. The number of rotatable bonds is 8. The van der Waals surface area contributed by atoms with Crippen LogP contribution in [0, 0.1) is 5.92 Å². The molecule has 3 N–H and O–H groups in total. The van der Waals surface area contributed by atoms with Crippen LogP contribution in [0.5, 0.6) is 5.75 Å². The van der Waals surface area contributed by atoms with E-state index in [1.54, 1.807) is 24.3 Å². The molecule has 1 aliphatic carbocycles. The van der Waals surface area contributed by atoms with Gasteiger partial charge in [0.1, 0.15) is 31.0 Å². The molecule has 2 aliphatic rings. The summed E-state index contributed by atoms with van der Waals surface area (Å²) in [5.74, 6) is -1.73. The Bertz CT molecular complexity index is 746. The van der Waals surface area contributed by atoms with E-state index in [2.05, 4.69) is 5.32 Å². The van der Waals surface area contributed by atoms with Crippen molar-refractivity contribution in [1.82, 2.24) is 5.32 Å². The Morgan fingerprint density at radius 3 is 2.59 bits per heavy atom. The van der Waals surface area contributed by atoms with Crippen molar-refractivity contribution in [3.05, 3.63) is 24.3 Å². The minimum atomic E-state index is -1.15. The van der Waals surface area contributed by atoms with Gasteiger partial charge in [-0.1, -0.05) is 44.2 Å². The molecule has 1 heterocycles. The highest BCUT2D eigenvalue weighted by Gasteiger charge is 2.35. The maximum atomic E-state index is 13.0. The summed E-state index contributed by atoms with van der Waals surface area (Å²) < 4.78 is 5.71. The Labute approximate surface area is 169 Å². The van der Waals surface area contributed by atoms with Crippen LogP contribution in [-0.2, 0) is 14.4 Å². The Balaban J connectivity index is 1.71. The van der Waals surface area contributed by atoms with Crippen LogP contribution < -0.4 is 15.0 Å². The Hall–Kier alpha value is -2.61. The first-order valence-corrected chi connectivity index (χ1v) is 10.2. The van der Waals surface area contributed by atoms with Crippen molar-refractivity contribution in [2.45, 2.75) is 57.0 Å². The summed E-state index contributed by atoms with van der Waals surface area (Å²) in [5, 5.41) is 21.8. The van der Waals surface area contributed by atoms with Crippen molar-refractivity contribution < 1.29 is 29.3 Å². The molecule has 1 aliphatic heterocycles. The van der Waals surface area contributed by atoms with Crippen molar-refractivity contribution in [2.75, 3.05) is 18.1 Å². The topological polar surface area (TPSA) is 116 Å². The number of hydrogen-bond donors (Lipinski definition) is 3. The van der Waals surface area contributed by atoms with Gasteiger partial charge in [-0.25, -0.2) is 0 Å². The van der Waals surface area contributed by atoms with Gasteiger partial charge in [0.2, 0.25) is 5.91 Å². The van der Waals surface area contributed by atoms with Crippen LogP contribution >= 0.6 is 0 Å². The highest BCUT2D eigenvalue weighted by Crippen LogP contribution is 2.31. The number of carboxylic acids is 2. The predicted molar refractivity (Wildman–Crippen MR) is 106 cm³/mol. The zero-order chi connectivity index (χ0) is 20.8. The van der Waals surface area contributed by atoms with Crippen LogP contribution in [0.3, 0.4) is 0 Å². The van der Waals surface area contributed by atoms with Crippen LogP contribution in [0.15, 0.2) is 24.3 Å². The van der Waals surface area contributed by atoms with Crippen molar-refractivity contribution in [3.8, 4) is 5.75 Å². The highest BCUT2D eigenvalue weighted by atomic mass is 16.5. The second kappa shape index (κ2) is 9.73. The first-order chi connectivity index (χ1) is 14.0. The largest absolute Gasteiger partial charge is 0.489 e. The normalized spacial score (nSPS) is 21.0. The minimum absolute atomic E-state index is 0.0564. The van der Waals surface area contributed by atoms with Crippen LogP contribution in [0.4, 0.5) is 5.69 Å². The van der Waals surface area contributed by atoms with Gasteiger partial charge >= 0.3 is 11.9 Å². The van der Waals surface area contributed by atoms with Gasteiger partial charge in [0, 0.05) is 0 Å². The average Bonchev–Trinajstić information content (AvgIpc) is 2.83. The number of ether oxygens (including phenoxy) is 1. The number of aliphatic carboxylic acids is 2. The maximum Gasteiger partial charge on any atom is 0.323 e. The van der Waals surface area contributed by atoms with Crippen LogP contribution in [0.1, 0.15) is 44.9 Å². The third-order valence-electron chi connectivity index (χ3n) is 5.71. The van der Waals surface area contributed by atoms with Crippen molar-refractivity contribution in [3.63, 3.8) is 0 Å². The molecule has 8 nitrogen and oxygen atoms in total. The fourth-order valence-corrected chi connectivity index (χ4v) is 4.17. The lowest BCUT2D eigenvalue weighted by molar-refractivity contribution is -0.141. The lowest BCUT2D eigenvalue weighted by Crippen LogP contribution is -2.54. The number of carbonyl (C=O) groups is 3. The zero-order valence-corrected chi connectivity index (χ0v) is 16.4. The molecule has 1 unspecified atom stereocenters.